The lowest BCUT2D eigenvalue weighted by Gasteiger charge is -2.28. The Morgan fingerprint density at radius 1 is 1.24 bits per heavy atom. The molecule has 2 unspecified atom stereocenters. The van der Waals surface area contributed by atoms with Gasteiger partial charge in [0, 0.05) is 8.95 Å². The van der Waals surface area contributed by atoms with Gasteiger partial charge in [-0.3, -0.25) is 0 Å². The molecule has 1 aliphatic rings. The van der Waals surface area contributed by atoms with E-state index in [9.17, 15) is 0 Å². The predicted octanol–water partition coefficient (Wildman–Crippen LogP) is 6.15. The molecule has 1 aromatic rings. The summed E-state index contributed by atoms with van der Waals surface area (Å²) in [5.74, 6) is 1.56. The van der Waals surface area contributed by atoms with E-state index in [4.69, 9.17) is 0 Å². The minimum Gasteiger partial charge on any atom is -0.0985 e. The second-order valence-corrected chi connectivity index (χ2v) is 6.78. The van der Waals surface area contributed by atoms with Gasteiger partial charge in [0.15, 0.2) is 0 Å². The molecular weight excluding hydrogens is 340 g/mol. The maximum atomic E-state index is 3.94. The smallest absolute Gasteiger partial charge is 0.0323 e. The van der Waals surface area contributed by atoms with E-state index in [0.717, 1.165) is 14.9 Å². The van der Waals surface area contributed by atoms with Gasteiger partial charge in [0.1, 0.15) is 0 Å². The molecule has 0 N–H and O–H groups in total. The maximum absolute atomic E-state index is 3.94. The van der Waals surface area contributed by atoms with Crippen molar-refractivity contribution in [3.63, 3.8) is 0 Å². The van der Waals surface area contributed by atoms with Crippen LogP contribution < -0.4 is 0 Å². The average Bonchev–Trinajstić information content (AvgIpc) is 2.32. The first-order chi connectivity index (χ1) is 8.11. The molecule has 1 fully saturated rings. The van der Waals surface area contributed by atoms with E-state index in [1.807, 2.05) is 6.08 Å². The molecule has 0 spiro atoms. The Bertz CT molecular complexity index is 423. The Labute approximate surface area is 121 Å². The predicted molar refractivity (Wildman–Crippen MR) is 82.3 cm³/mol. The first kappa shape index (κ1) is 13.4. The van der Waals surface area contributed by atoms with Crippen LogP contribution in [0.25, 0.3) is 6.08 Å². The fourth-order valence-electron chi connectivity index (χ4n) is 2.82. The van der Waals surface area contributed by atoms with Crippen LogP contribution in [0.3, 0.4) is 0 Å². The van der Waals surface area contributed by atoms with Gasteiger partial charge in [-0.2, -0.15) is 0 Å². The van der Waals surface area contributed by atoms with Crippen LogP contribution in [0.15, 0.2) is 27.7 Å². The molecule has 2 heteroatoms. The molecule has 0 aromatic heterocycles. The standard InChI is InChI=1S/C15H18Br2/c1-3-11-8-14(16)15(17)9-13(11)12-6-4-5-10(2)7-12/h3,8-10,12H,1,4-7H2,2H3. The van der Waals surface area contributed by atoms with Crippen molar-refractivity contribution in [3.8, 4) is 0 Å². The summed E-state index contributed by atoms with van der Waals surface area (Å²) in [6.45, 7) is 6.31. The molecular formula is C15H18Br2. The molecule has 0 amide bonds. The van der Waals surface area contributed by atoms with Gasteiger partial charge in [0.25, 0.3) is 0 Å². The highest BCUT2D eigenvalue weighted by Gasteiger charge is 2.22. The van der Waals surface area contributed by atoms with Gasteiger partial charge in [-0.1, -0.05) is 32.4 Å². The fourth-order valence-corrected chi connectivity index (χ4v) is 3.55. The molecule has 1 aromatic carbocycles. The van der Waals surface area contributed by atoms with Gasteiger partial charge in [-0.15, -0.1) is 0 Å². The fraction of sp³-hybridized carbons (Fsp3) is 0.467. The highest BCUT2D eigenvalue weighted by molar-refractivity contribution is 9.13. The summed E-state index contributed by atoms with van der Waals surface area (Å²) in [6, 6.07) is 4.44. The highest BCUT2D eigenvalue weighted by Crippen LogP contribution is 2.40. The summed E-state index contributed by atoms with van der Waals surface area (Å²) in [5, 5.41) is 0. The van der Waals surface area contributed by atoms with Crippen LogP contribution in [0.1, 0.15) is 49.7 Å². The zero-order valence-corrected chi connectivity index (χ0v) is 13.4. The molecule has 2 atom stereocenters. The Hall–Kier alpha value is -0.0800. The number of rotatable bonds is 2. The van der Waals surface area contributed by atoms with Crippen molar-refractivity contribution in [2.24, 2.45) is 5.92 Å². The van der Waals surface area contributed by atoms with Crippen LogP contribution in [0, 0.1) is 5.92 Å². The number of hydrogen-bond donors (Lipinski definition) is 0. The molecule has 0 nitrogen and oxygen atoms in total. The van der Waals surface area contributed by atoms with E-state index in [1.54, 1.807) is 0 Å². The minimum atomic E-state index is 0.705. The summed E-state index contributed by atoms with van der Waals surface area (Å²) >= 11 is 7.17. The molecule has 1 aliphatic carbocycles. The first-order valence-electron chi connectivity index (χ1n) is 6.23. The molecule has 0 aliphatic heterocycles. The van der Waals surface area contributed by atoms with Crippen LogP contribution in [0.5, 0.6) is 0 Å². The van der Waals surface area contributed by atoms with Crippen LogP contribution in [0.2, 0.25) is 0 Å². The van der Waals surface area contributed by atoms with E-state index in [1.165, 1.54) is 36.8 Å². The molecule has 17 heavy (non-hydrogen) atoms. The monoisotopic (exact) mass is 356 g/mol. The lowest BCUT2D eigenvalue weighted by molar-refractivity contribution is 0.344. The molecule has 0 saturated heterocycles. The molecule has 1 saturated carbocycles. The Morgan fingerprint density at radius 3 is 2.59 bits per heavy atom. The third kappa shape index (κ3) is 3.03. The molecule has 0 heterocycles. The summed E-state index contributed by atoms with van der Waals surface area (Å²) in [5.41, 5.74) is 2.74. The largest absolute Gasteiger partial charge is 0.0985 e. The van der Waals surface area contributed by atoms with Crippen molar-refractivity contribution in [3.05, 3.63) is 38.8 Å². The topological polar surface area (TPSA) is 0 Å². The third-order valence-corrected chi connectivity index (χ3v) is 5.57. The first-order valence-corrected chi connectivity index (χ1v) is 7.81. The van der Waals surface area contributed by atoms with Gasteiger partial charge in [-0.25, -0.2) is 0 Å². The normalized spacial score (nSPS) is 24.6. The average molecular weight is 358 g/mol. The minimum absolute atomic E-state index is 0.705. The van der Waals surface area contributed by atoms with Crippen molar-refractivity contribution < 1.29 is 0 Å². The van der Waals surface area contributed by atoms with Gasteiger partial charge in [0.2, 0.25) is 0 Å². The number of halogens is 2. The third-order valence-electron chi connectivity index (χ3n) is 3.72. The van der Waals surface area contributed by atoms with E-state index in [2.05, 4.69) is 57.5 Å². The van der Waals surface area contributed by atoms with Gasteiger partial charge < -0.3 is 0 Å². The Kier molecular flexibility index (Phi) is 4.48. The van der Waals surface area contributed by atoms with Crippen molar-refractivity contribution in [2.75, 3.05) is 0 Å². The molecule has 2 rings (SSSR count). The zero-order valence-electron chi connectivity index (χ0n) is 10.2. The SMILES string of the molecule is C=Cc1cc(Br)c(Br)cc1C1CCCC(C)C1. The van der Waals surface area contributed by atoms with Crippen molar-refractivity contribution in [1.82, 2.24) is 0 Å². The van der Waals surface area contributed by atoms with Gasteiger partial charge in [-0.05, 0) is 79.8 Å². The molecule has 0 bridgehead atoms. The van der Waals surface area contributed by atoms with Gasteiger partial charge in [0.05, 0.1) is 0 Å². The number of hydrogen-bond acceptors (Lipinski definition) is 0. The summed E-state index contributed by atoms with van der Waals surface area (Å²) in [4.78, 5) is 0. The van der Waals surface area contributed by atoms with Gasteiger partial charge >= 0.3 is 0 Å². The van der Waals surface area contributed by atoms with Crippen LogP contribution in [-0.4, -0.2) is 0 Å². The van der Waals surface area contributed by atoms with Crippen molar-refractivity contribution in [2.45, 2.75) is 38.5 Å². The van der Waals surface area contributed by atoms with E-state index < -0.39 is 0 Å². The lowest BCUT2D eigenvalue weighted by Crippen LogP contribution is -2.12. The maximum Gasteiger partial charge on any atom is 0.0323 e. The van der Waals surface area contributed by atoms with Crippen LogP contribution in [0.4, 0.5) is 0 Å². The lowest BCUT2D eigenvalue weighted by atomic mass is 9.77. The second-order valence-electron chi connectivity index (χ2n) is 5.07. The zero-order chi connectivity index (χ0) is 12.4. The summed E-state index contributed by atoms with van der Waals surface area (Å²) < 4.78 is 2.26. The van der Waals surface area contributed by atoms with Crippen LogP contribution >= 0.6 is 31.9 Å². The summed E-state index contributed by atoms with van der Waals surface area (Å²) in [7, 11) is 0. The second kappa shape index (κ2) is 5.71. The molecule has 0 radical (unpaired) electrons. The van der Waals surface area contributed by atoms with Crippen molar-refractivity contribution in [1.29, 1.82) is 0 Å². The Balaban J connectivity index is 2.36. The summed E-state index contributed by atoms with van der Waals surface area (Å²) in [6.07, 6.45) is 7.35. The molecule has 92 valence electrons. The Morgan fingerprint density at radius 2 is 1.94 bits per heavy atom. The van der Waals surface area contributed by atoms with E-state index >= 15 is 0 Å². The highest BCUT2D eigenvalue weighted by atomic mass is 79.9. The van der Waals surface area contributed by atoms with Crippen LogP contribution in [-0.2, 0) is 0 Å². The van der Waals surface area contributed by atoms with E-state index in [0.29, 0.717) is 5.92 Å². The quantitative estimate of drug-likeness (QED) is 0.595. The van der Waals surface area contributed by atoms with Crippen molar-refractivity contribution >= 4 is 37.9 Å². The van der Waals surface area contributed by atoms with E-state index in [-0.39, 0.29) is 0 Å². The number of benzene rings is 1.